The highest BCUT2D eigenvalue weighted by Gasteiger charge is 2.52. The summed E-state index contributed by atoms with van der Waals surface area (Å²) in [6.45, 7) is 3.70. The number of ether oxygens (including phenoxy) is 1. The minimum absolute atomic E-state index is 0.00874. The van der Waals surface area contributed by atoms with Crippen LogP contribution in [0.2, 0.25) is 10.0 Å². The molecule has 3 aromatic carbocycles. The first-order valence-electron chi connectivity index (χ1n) is 15.7. The molecule has 0 aromatic heterocycles. The molecule has 0 radical (unpaired) electrons. The second-order valence-corrected chi connectivity index (χ2v) is 16.2. The summed E-state index contributed by atoms with van der Waals surface area (Å²) in [7, 11) is -8.07. The minimum Gasteiger partial charge on any atom is -0.489 e. The van der Waals surface area contributed by atoms with Crippen LogP contribution in [0, 0.1) is 29.1 Å². The van der Waals surface area contributed by atoms with Crippen LogP contribution in [0.25, 0.3) is 6.08 Å². The summed E-state index contributed by atoms with van der Waals surface area (Å²) in [5.41, 5.74) is -2.56. The van der Waals surface area contributed by atoms with Gasteiger partial charge < -0.3 is 33.5 Å². The van der Waals surface area contributed by atoms with Crippen molar-refractivity contribution < 1.29 is 63.5 Å². The maximum atomic E-state index is 14.3. The van der Waals surface area contributed by atoms with Crippen molar-refractivity contribution in [2.75, 3.05) is 26.9 Å². The standard InChI is InChI=1S/C33H35Cl2F5N2O9P2/c1-5-49-52(45,47-4)33(53(46,50-6-2)51-7-3)42-32(44)25(41-26(43)16-15-21-27(36)29(38)31(40)30(39)28(21)37)17-19-11-13-20(14-12-19)48-18-22-23(34)9-8-10-24(22)35/h8-16,25,33H,5-7,17-18H2,1-4H3,(H,41,43)(H,42,44)/b16-15+. The zero-order valence-electron chi connectivity index (χ0n) is 28.6. The second kappa shape index (κ2) is 19.8. The summed E-state index contributed by atoms with van der Waals surface area (Å²) in [5.74, 6) is -13.3. The Hall–Kier alpha value is -3.33. The summed E-state index contributed by atoms with van der Waals surface area (Å²) in [4.78, 5) is 26.9. The number of halogens is 7. The van der Waals surface area contributed by atoms with Crippen molar-refractivity contribution in [2.45, 2.75) is 45.4 Å². The molecular weight excluding hydrogens is 796 g/mol. The van der Waals surface area contributed by atoms with E-state index in [1.165, 1.54) is 45.0 Å². The molecule has 2 N–H and O–H groups in total. The van der Waals surface area contributed by atoms with Crippen molar-refractivity contribution in [2.24, 2.45) is 0 Å². The van der Waals surface area contributed by atoms with Crippen molar-refractivity contribution in [1.82, 2.24) is 10.6 Å². The van der Waals surface area contributed by atoms with Gasteiger partial charge in [-0.15, -0.1) is 0 Å². The van der Waals surface area contributed by atoms with Crippen LogP contribution in [0.1, 0.15) is 37.5 Å². The van der Waals surface area contributed by atoms with E-state index in [1.807, 2.05) is 0 Å². The van der Waals surface area contributed by atoms with E-state index in [1.54, 1.807) is 18.2 Å². The molecule has 11 nitrogen and oxygen atoms in total. The fourth-order valence-corrected chi connectivity index (χ4v) is 9.87. The molecule has 3 rings (SSSR count). The molecular formula is C33H35Cl2F5N2O9P2. The highest BCUT2D eigenvalue weighted by molar-refractivity contribution is 7.72. The van der Waals surface area contributed by atoms with E-state index in [4.69, 9.17) is 46.0 Å². The molecule has 0 saturated heterocycles. The Labute approximate surface area is 312 Å². The summed E-state index contributed by atoms with van der Waals surface area (Å²) in [5, 5.41) is 5.31. The Bertz CT molecular complexity index is 1850. The van der Waals surface area contributed by atoms with Gasteiger partial charge >= 0.3 is 15.2 Å². The first kappa shape index (κ1) is 44.1. The monoisotopic (exact) mass is 830 g/mol. The number of benzene rings is 3. The van der Waals surface area contributed by atoms with Crippen molar-refractivity contribution in [1.29, 1.82) is 0 Å². The lowest BCUT2D eigenvalue weighted by Gasteiger charge is -2.32. The van der Waals surface area contributed by atoms with Gasteiger partial charge in [-0.25, -0.2) is 22.0 Å². The number of carbonyl (C=O) groups is 2. The van der Waals surface area contributed by atoms with E-state index in [9.17, 15) is 40.7 Å². The Morgan fingerprint density at radius 1 is 0.774 bits per heavy atom. The molecule has 3 aromatic rings. The maximum absolute atomic E-state index is 14.3. The zero-order valence-corrected chi connectivity index (χ0v) is 31.9. The van der Waals surface area contributed by atoms with Crippen LogP contribution < -0.4 is 15.4 Å². The Morgan fingerprint density at radius 3 is 1.79 bits per heavy atom. The molecule has 0 aliphatic carbocycles. The number of hydrogen-bond donors (Lipinski definition) is 2. The predicted molar refractivity (Wildman–Crippen MR) is 187 cm³/mol. The van der Waals surface area contributed by atoms with E-state index >= 15 is 0 Å². The first-order valence-corrected chi connectivity index (χ1v) is 19.7. The molecule has 0 bridgehead atoms. The normalized spacial score (nSPS) is 14.1. The van der Waals surface area contributed by atoms with Crippen LogP contribution in [-0.2, 0) is 49.8 Å². The molecule has 0 spiro atoms. The molecule has 2 amide bonds. The second-order valence-electron chi connectivity index (χ2n) is 10.6. The van der Waals surface area contributed by atoms with Gasteiger partial charge in [0.1, 0.15) is 18.4 Å². The van der Waals surface area contributed by atoms with E-state index in [-0.39, 0.29) is 32.8 Å². The molecule has 20 heteroatoms. The molecule has 0 aliphatic heterocycles. The molecule has 0 heterocycles. The Morgan fingerprint density at radius 2 is 1.28 bits per heavy atom. The lowest BCUT2D eigenvalue weighted by atomic mass is 10.0. The van der Waals surface area contributed by atoms with E-state index in [0.29, 0.717) is 39.1 Å². The lowest BCUT2D eigenvalue weighted by Crippen LogP contribution is -2.50. The fourth-order valence-electron chi connectivity index (χ4n) is 4.64. The largest absolute Gasteiger partial charge is 0.489 e. The summed E-state index contributed by atoms with van der Waals surface area (Å²) in [6.07, 6.45) is 0.419. The van der Waals surface area contributed by atoms with Gasteiger partial charge in [-0.1, -0.05) is 41.4 Å². The van der Waals surface area contributed by atoms with E-state index in [0.717, 1.165) is 7.11 Å². The average molecular weight is 831 g/mol. The Balaban J connectivity index is 1.98. The molecule has 0 fully saturated rings. The van der Waals surface area contributed by atoms with Gasteiger partial charge in [0, 0.05) is 35.2 Å². The van der Waals surface area contributed by atoms with Crippen molar-refractivity contribution in [3.8, 4) is 5.75 Å². The third-order valence-corrected chi connectivity index (χ3v) is 13.4. The summed E-state index contributed by atoms with van der Waals surface area (Å²) < 4.78 is 124. The molecule has 0 aliphatic rings. The van der Waals surface area contributed by atoms with Gasteiger partial charge in [-0.05, 0) is 56.7 Å². The topological polar surface area (TPSA) is 138 Å². The lowest BCUT2D eigenvalue weighted by molar-refractivity contribution is -0.127. The Kier molecular flexibility index (Phi) is 16.5. The van der Waals surface area contributed by atoms with Gasteiger partial charge in [0.25, 0.3) is 0 Å². The number of carbonyl (C=O) groups excluding carboxylic acids is 2. The van der Waals surface area contributed by atoms with Crippen molar-refractivity contribution in [3.63, 3.8) is 0 Å². The molecule has 290 valence electrons. The number of nitrogens with one attached hydrogen (secondary N) is 2. The SMILES string of the molecule is CCOP(=O)(OC)C(NC(=O)C(Cc1ccc(OCc2c(Cl)cccc2Cl)cc1)NC(=O)/C=C/c1c(F)c(F)c(F)c(F)c1F)P(=O)(OCC)OCC. The van der Waals surface area contributed by atoms with E-state index < -0.39 is 73.2 Å². The van der Waals surface area contributed by atoms with Crippen LogP contribution in [-0.4, -0.2) is 50.3 Å². The van der Waals surface area contributed by atoms with Crippen LogP contribution in [0.3, 0.4) is 0 Å². The predicted octanol–water partition coefficient (Wildman–Crippen LogP) is 8.55. The van der Waals surface area contributed by atoms with Crippen LogP contribution in [0.15, 0.2) is 48.5 Å². The number of rotatable bonds is 19. The van der Waals surface area contributed by atoms with Gasteiger partial charge in [-0.2, -0.15) is 0 Å². The zero-order chi connectivity index (χ0) is 39.5. The number of amides is 2. The highest BCUT2D eigenvalue weighted by atomic mass is 35.5. The van der Waals surface area contributed by atoms with Crippen LogP contribution in [0.4, 0.5) is 22.0 Å². The van der Waals surface area contributed by atoms with Gasteiger partial charge in [0.05, 0.1) is 25.4 Å². The third-order valence-electron chi connectivity index (χ3n) is 7.14. The van der Waals surface area contributed by atoms with Crippen molar-refractivity contribution in [3.05, 3.63) is 104 Å². The summed E-state index contributed by atoms with van der Waals surface area (Å²) in [6, 6.07) is 9.38. The summed E-state index contributed by atoms with van der Waals surface area (Å²) >= 11 is 12.4. The minimum atomic E-state index is -4.52. The van der Waals surface area contributed by atoms with Crippen molar-refractivity contribution >= 4 is 56.3 Å². The average Bonchev–Trinajstić information content (AvgIpc) is 3.12. The quantitative estimate of drug-likeness (QED) is 0.0400. The smallest absolute Gasteiger partial charge is 0.365 e. The molecule has 0 saturated carbocycles. The maximum Gasteiger partial charge on any atom is 0.365 e. The van der Waals surface area contributed by atoms with Gasteiger partial charge in [0.15, 0.2) is 23.3 Å². The van der Waals surface area contributed by atoms with E-state index in [2.05, 4.69) is 10.6 Å². The van der Waals surface area contributed by atoms with Crippen LogP contribution in [0.5, 0.6) is 5.75 Å². The number of hydrogen-bond acceptors (Lipinski definition) is 9. The first-order chi connectivity index (χ1) is 25.0. The van der Waals surface area contributed by atoms with Gasteiger partial charge in [0.2, 0.25) is 23.2 Å². The fraction of sp³-hybridized carbons (Fsp3) is 0.333. The molecule has 53 heavy (non-hydrogen) atoms. The van der Waals surface area contributed by atoms with Gasteiger partial charge in [-0.3, -0.25) is 18.7 Å². The van der Waals surface area contributed by atoms with Crippen LogP contribution >= 0.6 is 38.4 Å². The molecule has 3 unspecified atom stereocenters. The highest BCUT2D eigenvalue weighted by Crippen LogP contribution is 2.68. The third kappa shape index (κ3) is 11.1. The molecule has 3 atom stereocenters.